The molecular weight excluding hydrogens is 196 g/mol. The molecule has 0 spiro atoms. The van der Waals surface area contributed by atoms with Crippen LogP contribution >= 0.6 is 0 Å². The molecule has 0 saturated heterocycles. The fraction of sp³-hybridized carbons (Fsp3) is 0.182. The van der Waals surface area contributed by atoms with Crippen molar-refractivity contribution in [2.24, 2.45) is 0 Å². The second kappa shape index (κ2) is 7.58. The summed E-state index contributed by atoms with van der Waals surface area (Å²) in [5.74, 6) is 0.337. The molecule has 4 nitrogen and oxygen atoms in total. The molecule has 0 radical (unpaired) electrons. The number of hydrogen-bond donors (Lipinski definition) is 0. The lowest BCUT2D eigenvalue weighted by atomic mass is 10.3. The number of carbonyl (C=O) groups excluding carboxylic acids is 1. The lowest BCUT2D eigenvalue weighted by Gasteiger charge is -2.05. The first-order chi connectivity index (χ1) is 6.83. The van der Waals surface area contributed by atoms with Crippen LogP contribution in [0.3, 0.4) is 0 Å². The Labute approximate surface area is 88.4 Å². The molecule has 0 aliphatic heterocycles. The summed E-state index contributed by atoms with van der Waals surface area (Å²) in [7, 11) is 0. The lowest BCUT2D eigenvalue weighted by Crippen LogP contribution is -2.09. The molecule has 0 saturated carbocycles. The average molecular weight is 210 g/mol. The van der Waals surface area contributed by atoms with Crippen molar-refractivity contribution < 1.29 is 19.7 Å². The van der Waals surface area contributed by atoms with Crippen molar-refractivity contribution >= 4 is 5.97 Å². The molecule has 1 aromatic rings. The van der Waals surface area contributed by atoms with E-state index in [1.807, 2.05) is 30.3 Å². The highest BCUT2D eigenvalue weighted by molar-refractivity contribution is 5.81. The minimum Gasteiger partial charge on any atom is -0.490 e. The van der Waals surface area contributed by atoms with Gasteiger partial charge >= 0.3 is 5.97 Å². The van der Waals surface area contributed by atoms with Crippen molar-refractivity contribution in [1.29, 1.82) is 0 Å². The van der Waals surface area contributed by atoms with Crippen molar-refractivity contribution in [2.75, 3.05) is 13.2 Å². The van der Waals surface area contributed by atoms with Crippen LogP contribution in [-0.4, -0.2) is 24.7 Å². The first-order valence-corrected chi connectivity index (χ1v) is 4.30. The van der Waals surface area contributed by atoms with E-state index < -0.39 is 5.97 Å². The Morgan fingerprint density at radius 3 is 2.53 bits per heavy atom. The van der Waals surface area contributed by atoms with E-state index in [9.17, 15) is 4.79 Å². The highest BCUT2D eigenvalue weighted by Crippen LogP contribution is 2.07. The number of para-hydroxylation sites is 1. The fourth-order valence-electron chi connectivity index (χ4n) is 0.877. The standard InChI is InChI=1S/C11H12O3.H2O/c1-2-11(12)14-9-8-13-10-6-4-3-5-7-10;/h2-7H,1,8-9H2;1H2. The molecule has 0 unspecified atom stereocenters. The van der Waals surface area contributed by atoms with Gasteiger partial charge in [-0.25, -0.2) is 4.79 Å². The summed E-state index contributed by atoms with van der Waals surface area (Å²) in [4.78, 5) is 10.6. The first kappa shape index (κ1) is 13.2. The predicted octanol–water partition coefficient (Wildman–Crippen LogP) is 0.970. The van der Waals surface area contributed by atoms with Crippen LogP contribution in [0.1, 0.15) is 0 Å². The first-order valence-electron chi connectivity index (χ1n) is 4.30. The number of carbonyl (C=O) groups is 1. The number of rotatable bonds is 5. The molecule has 4 heteroatoms. The zero-order chi connectivity index (χ0) is 10.2. The third-order valence-electron chi connectivity index (χ3n) is 1.51. The quantitative estimate of drug-likeness (QED) is 0.413. The smallest absolute Gasteiger partial charge is 0.330 e. The summed E-state index contributed by atoms with van der Waals surface area (Å²) >= 11 is 0. The normalized spacial score (nSPS) is 8.53. The van der Waals surface area contributed by atoms with Crippen LogP contribution in [0.15, 0.2) is 43.0 Å². The van der Waals surface area contributed by atoms with Crippen molar-refractivity contribution in [3.05, 3.63) is 43.0 Å². The Morgan fingerprint density at radius 2 is 1.93 bits per heavy atom. The van der Waals surface area contributed by atoms with Gasteiger partial charge < -0.3 is 14.9 Å². The van der Waals surface area contributed by atoms with E-state index >= 15 is 0 Å². The molecule has 0 bridgehead atoms. The molecule has 0 fully saturated rings. The van der Waals surface area contributed by atoms with Gasteiger partial charge in [0.1, 0.15) is 19.0 Å². The average Bonchev–Trinajstić information content (AvgIpc) is 2.25. The molecule has 2 N–H and O–H groups in total. The van der Waals surface area contributed by atoms with Gasteiger partial charge in [-0.2, -0.15) is 0 Å². The monoisotopic (exact) mass is 210 g/mol. The second-order valence-electron chi connectivity index (χ2n) is 2.53. The van der Waals surface area contributed by atoms with E-state index in [0.29, 0.717) is 6.61 Å². The fourth-order valence-corrected chi connectivity index (χ4v) is 0.877. The van der Waals surface area contributed by atoms with Crippen LogP contribution in [0, 0.1) is 0 Å². The molecule has 0 aromatic heterocycles. The summed E-state index contributed by atoms with van der Waals surface area (Å²) in [6, 6.07) is 9.35. The van der Waals surface area contributed by atoms with Crippen molar-refractivity contribution in [3.8, 4) is 5.75 Å². The van der Waals surface area contributed by atoms with Crippen molar-refractivity contribution in [2.45, 2.75) is 0 Å². The minimum atomic E-state index is -0.429. The molecule has 0 atom stereocenters. The highest BCUT2D eigenvalue weighted by Gasteiger charge is 1.95. The molecule has 0 amide bonds. The zero-order valence-corrected chi connectivity index (χ0v) is 8.31. The van der Waals surface area contributed by atoms with Crippen LogP contribution in [0.2, 0.25) is 0 Å². The summed E-state index contributed by atoms with van der Waals surface area (Å²) in [5.41, 5.74) is 0. The van der Waals surface area contributed by atoms with Crippen LogP contribution in [0.25, 0.3) is 0 Å². The number of hydrogen-bond acceptors (Lipinski definition) is 3. The Hall–Kier alpha value is -1.81. The van der Waals surface area contributed by atoms with E-state index in [4.69, 9.17) is 9.47 Å². The minimum absolute atomic E-state index is 0. The zero-order valence-electron chi connectivity index (χ0n) is 8.31. The van der Waals surface area contributed by atoms with E-state index in [0.717, 1.165) is 11.8 Å². The summed E-state index contributed by atoms with van der Waals surface area (Å²) < 4.78 is 10.0. The molecule has 1 aromatic carbocycles. The maximum Gasteiger partial charge on any atom is 0.330 e. The number of ether oxygens (including phenoxy) is 2. The summed E-state index contributed by atoms with van der Waals surface area (Å²) in [6.07, 6.45) is 1.13. The van der Waals surface area contributed by atoms with E-state index in [1.165, 1.54) is 0 Å². The SMILES string of the molecule is C=CC(=O)OCCOc1ccccc1.O. The van der Waals surface area contributed by atoms with Crippen LogP contribution in [-0.2, 0) is 9.53 Å². The maximum absolute atomic E-state index is 10.6. The molecular formula is C11H14O4. The summed E-state index contributed by atoms with van der Waals surface area (Å²) in [5, 5.41) is 0. The Morgan fingerprint density at radius 1 is 1.27 bits per heavy atom. The van der Waals surface area contributed by atoms with E-state index in [1.54, 1.807) is 0 Å². The molecule has 0 aliphatic carbocycles. The van der Waals surface area contributed by atoms with Crippen molar-refractivity contribution in [1.82, 2.24) is 0 Å². The molecule has 0 heterocycles. The Bertz CT molecular complexity index is 295. The van der Waals surface area contributed by atoms with E-state index in [-0.39, 0.29) is 12.1 Å². The number of esters is 1. The van der Waals surface area contributed by atoms with Gasteiger partial charge in [-0.15, -0.1) is 0 Å². The van der Waals surface area contributed by atoms with Gasteiger partial charge in [-0.3, -0.25) is 0 Å². The Balaban J connectivity index is 0.00000196. The van der Waals surface area contributed by atoms with Gasteiger partial charge in [0, 0.05) is 6.08 Å². The second-order valence-corrected chi connectivity index (χ2v) is 2.53. The van der Waals surface area contributed by atoms with Gasteiger partial charge in [0.15, 0.2) is 0 Å². The maximum atomic E-state index is 10.6. The predicted molar refractivity (Wildman–Crippen MR) is 56.7 cm³/mol. The number of benzene rings is 1. The highest BCUT2D eigenvalue weighted by atomic mass is 16.6. The van der Waals surface area contributed by atoms with Gasteiger partial charge in [-0.1, -0.05) is 24.8 Å². The van der Waals surface area contributed by atoms with E-state index in [2.05, 4.69) is 6.58 Å². The van der Waals surface area contributed by atoms with Crippen LogP contribution in [0.5, 0.6) is 5.75 Å². The molecule has 1 rings (SSSR count). The molecule has 82 valence electrons. The molecule has 0 aliphatic rings. The van der Waals surface area contributed by atoms with Crippen LogP contribution < -0.4 is 4.74 Å². The van der Waals surface area contributed by atoms with Gasteiger partial charge in [0.25, 0.3) is 0 Å². The lowest BCUT2D eigenvalue weighted by molar-refractivity contribution is -0.138. The third-order valence-corrected chi connectivity index (χ3v) is 1.51. The van der Waals surface area contributed by atoms with Crippen LogP contribution in [0.4, 0.5) is 0 Å². The van der Waals surface area contributed by atoms with Crippen molar-refractivity contribution in [3.63, 3.8) is 0 Å². The summed E-state index contributed by atoms with van der Waals surface area (Å²) in [6.45, 7) is 3.87. The van der Waals surface area contributed by atoms with Gasteiger partial charge in [-0.05, 0) is 12.1 Å². The van der Waals surface area contributed by atoms with Gasteiger partial charge in [0.2, 0.25) is 0 Å². The largest absolute Gasteiger partial charge is 0.490 e. The molecule has 15 heavy (non-hydrogen) atoms. The topological polar surface area (TPSA) is 67.0 Å². The third kappa shape index (κ3) is 5.49. The van der Waals surface area contributed by atoms with Gasteiger partial charge in [0.05, 0.1) is 0 Å². The Kier molecular flexibility index (Phi) is 6.67.